The van der Waals surface area contributed by atoms with Crippen molar-refractivity contribution in [2.75, 3.05) is 0 Å². The van der Waals surface area contributed by atoms with Crippen LogP contribution in [-0.2, 0) is 11.2 Å². The van der Waals surface area contributed by atoms with Gasteiger partial charge in [-0.15, -0.1) is 0 Å². The van der Waals surface area contributed by atoms with Gasteiger partial charge in [0.05, 0.1) is 6.42 Å². The smallest absolute Gasteiger partial charge is 0.307 e. The molecule has 1 aromatic heterocycles. The van der Waals surface area contributed by atoms with Crippen LogP contribution in [0.1, 0.15) is 5.56 Å². The summed E-state index contributed by atoms with van der Waals surface area (Å²) in [7, 11) is 0. The molecule has 0 amide bonds. The second-order valence-electron chi connectivity index (χ2n) is 3.19. The second kappa shape index (κ2) is 3.65. The number of pyridine rings is 1. The first-order valence-electron chi connectivity index (χ1n) is 4.41. The molecule has 1 N–H and O–H groups in total. The van der Waals surface area contributed by atoms with Gasteiger partial charge in [-0.05, 0) is 23.6 Å². The van der Waals surface area contributed by atoms with E-state index in [9.17, 15) is 9.18 Å². The zero-order valence-corrected chi connectivity index (χ0v) is 7.77. The Hall–Kier alpha value is -1.97. The van der Waals surface area contributed by atoms with E-state index in [1.54, 1.807) is 18.3 Å². The van der Waals surface area contributed by atoms with Gasteiger partial charge in [-0.2, -0.15) is 0 Å². The number of benzene rings is 1. The van der Waals surface area contributed by atoms with Crippen LogP contribution in [0.2, 0.25) is 0 Å². The predicted molar refractivity (Wildman–Crippen MR) is 53.0 cm³/mol. The highest BCUT2D eigenvalue weighted by Crippen LogP contribution is 2.21. The summed E-state index contributed by atoms with van der Waals surface area (Å²) in [5.74, 6) is -1.53. The molecule has 0 aliphatic rings. The molecule has 0 bridgehead atoms. The molecule has 0 saturated heterocycles. The Bertz CT molecular complexity index is 525. The summed E-state index contributed by atoms with van der Waals surface area (Å²) in [4.78, 5) is 14.5. The molecule has 4 heteroatoms. The first kappa shape index (κ1) is 9.58. The summed E-state index contributed by atoms with van der Waals surface area (Å²) in [6, 6.07) is 4.47. The summed E-state index contributed by atoms with van der Waals surface area (Å²) in [6.45, 7) is 0. The zero-order chi connectivity index (χ0) is 10.8. The number of fused-ring (bicyclic) bond motifs is 1. The van der Waals surface area contributed by atoms with Gasteiger partial charge in [0.25, 0.3) is 0 Å². The fraction of sp³-hybridized carbons (Fsp3) is 0.0909. The minimum atomic E-state index is -1.04. The molecule has 15 heavy (non-hydrogen) atoms. The van der Waals surface area contributed by atoms with E-state index in [1.165, 1.54) is 12.3 Å². The van der Waals surface area contributed by atoms with Crippen LogP contribution in [0.4, 0.5) is 4.39 Å². The summed E-state index contributed by atoms with van der Waals surface area (Å²) >= 11 is 0. The van der Waals surface area contributed by atoms with Crippen LogP contribution in [0.3, 0.4) is 0 Å². The fourth-order valence-corrected chi connectivity index (χ4v) is 1.54. The van der Waals surface area contributed by atoms with E-state index in [0.29, 0.717) is 5.39 Å². The number of hydrogen-bond donors (Lipinski definition) is 1. The maximum Gasteiger partial charge on any atom is 0.307 e. The largest absolute Gasteiger partial charge is 0.481 e. The molecular weight excluding hydrogens is 197 g/mol. The van der Waals surface area contributed by atoms with E-state index >= 15 is 0 Å². The third kappa shape index (κ3) is 1.79. The number of halogens is 1. The SMILES string of the molecule is O=C(O)Cc1c(F)ccc2cnccc12. The highest BCUT2D eigenvalue weighted by molar-refractivity contribution is 5.88. The Balaban J connectivity index is 2.68. The summed E-state index contributed by atoms with van der Waals surface area (Å²) in [6.07, 6.45) is 2.79. The third-order valence-electron chi connectivity index (χ3n) is 2.20. The lowest BCUT2D eigenvalue weighted by Gasteiger charge is -2.04. The van der Waals surface area contributed by atoms with Crippen molar-refractivity contribution in [1.29, 1.82) is 0 Å². The van der Waals surface area contributed by atoms with E-state index in [-0.39, 0.29) is 12.0 Å². The Morgan fingerprint density at radius 2 is 2.20 bits per heavy atom. The maximum absolute atomic E-state index is 13.4. The van der Waals surface area contributed by atoms with Crippen LogP contribution >= 0.6 is 0 Å². The van der Waals surface area contributed by atoms with Crippen LogP contribution in [0.25, 0.3) is 10.8 Å². The van der Waals surface area contributed by atoms with Crippen LogP contribution in [0.5, 0.6) is 0 Å². The molecule has 0 atom stereocenters. The van der Waals surface area contributed by atoms with Crippen LogP contribution in [0, 0.1) is 5.82 Å². The molecule has 0 aliphatic heterocycles. The molecule has 1 aromatic carbocycles. The first-order valence-corrected chi connectivity index (χ1v) is 4.41. The fourth-order valence-electron chi connectivity index (χ4n) is 1.54. The monoisotopic (exact) mass is 205 g/mol. The van der Waals surface area contributed by atoms with E-state index in [1.807, 2.05) is 0 Å². The van der Waals surface area contributed by atoms with Crippen molar-refractivity contribution in [1.82, 2.24) is 4.98 Å². The molecule has 76 valence electrons. The van der Waals surface area contributed by atoms with E-state index in [2.05, 4.69) is 4.98 Å². The topological polar surface area (TPSA) is 50.2 Å². The minimum absolute atomic E-state index is 0.211. The molecule has 3 nitrogen and oxygen atoms in total. The molecule has 0 saturated carbocycles. The van der Waals surface area contributed by atoms with Crippen molar-refractivity contribution in [2.45, 2.75) is 6.42 Å². The number of hydrogen-bond acceptors (Lipinski definition) is 2. The quantitative estimate of drug-likeness (QED) is 0.815. The summed E-state index contributed by atoms with van der Waals surface area (Å²) in [5.41, 5.74) is 0.211. The lowest BCUT2D eigenvalue weighted by molar-refractivity contribution is -0.136. The van der Waals surface area contributed by atoms with Gasteiger partial charge in [0.1, 0.15) is 5.82 Å². The van der Waals surface area contributed by atoms with Gasteiger partial charge >= 0.3 is 5.97 Å². The highest BCUT2D eigenvalue weighted by Gasteiger charge is 2.10. The zero-order valence-electron chi connectivity index (χ0n) is 7.77. The predicted octanol–water partition coefficient (Wildman–Crippen LogP) is 2.00. The standard InChI is InChI=1S/C11H8FNO2/c12-10-2-1-7-6-13-4-3-8(7)9(10)5-11(14)15/h1-4,6H,5H2,(H,14,15). The number of nitrogens with zero attached hydrogens (tertiary/aromatic N) is 1. The van der Waals surface area contributed by atoms with Crippen molar-refractivity contribution < 1.29 is 14.3 Å². The average Bonchev–Trinajstić information content (AvgIpc) is 2.22. The normalized spacial score (nSPS) is 10.5. The molecule has 2 aromatic rings. The minimum Gasteiger partial charge on any atom is -0.481 e. The number of carbonyl (C=O) groups is 1. The molecular formula is C11H8FNO2. The maximum atomic E-state index is 13.4. The molecule has 0 spiro atoms. The van der Waals surface area contributed by atoms with Crippen LogP contribution in [0.15, 0.2) is 30.6 Å². The van der Waals surface area contributed by atoms with E-state index < -0.39 is 11.8 Å². The Morgan fingerprint density at radius 1 is 1.40 bits per heavy atom. The lowest BCUT2D eigenvalue weighted by Crippen LogP contribution is -2.03. The average molecular weight is 205 g/mol. The third-order valence-corrected chi connectivity index (χ3v) is 2.20. The number of aliphatic carboxylic acids is 1. The van der Waals surface area contributed by atoms with Crippen molar-refractivity contribution in [2.24, 2.45) is 0 Å². The van der Waals surface area contributed by atoms with Crippen molar-refractivity contribution in [3.63, 3.8) is 0 Å². The van der Waals surface area contributed by atoms with Gasteiger partial charge in [0.2, 0.25) is 0 Å². The van der Waals surface area contributed by atoms with E-state index in [4.69, 9.17) is 5.11 Å². The van der Waals surface area contributed by atoms with E-state index in [0.717, 1.165) is 5.39 Å². The van der Waals surface area contributed by atoms with Crippen molar-refractivity contribution in [3.8, 4) is 0 Å². The van der Waals surface area contributed by atoms with Gasteiger partial charge in [-0.1, -0.05) is 0 Å². The Labute approximate surface area is 85.2 Å². The van der Waals surface area contributed by atoms with Gasteiger partial charge in [-0.25, -0.2) is 4.39 Å². The molecule has 0 unspecified atom stereocenters. The van der Waals surface area contributed by atoms with Crippen LogP contribution < -0.4 is 0 Å². The summed E-state index contributed by atoms with van der Waals surface area (Å²) in [5, 5.41) is 10.0. The van der Waals surface area contributed by atoms with Gasteiger partial charge in [0.15, 0.2) is 0 Å². The van der Waals surface area contributed by atoms with Crippen molar-refractivity contribution >= 4 is 16.7 Å². The molecule has 0 radical (unpaired) electrons. The molecule has 2 rings (SSSR count). The Morgan fingerprint density at radius 3 is 2.93 bits per heavy atom. The summed E-state index contributed by atoms with van der Waals surface area (Å²) < 4.78 is 13.4. The first-order chi connectivity index (χ1) is 7.18. The van der Waals surface area contributed by atoms with Gasteiger partial charge in [-0.3, -0.25) is 9.78 Å². The number of carboxylic acid groups (broad SMARTS) is 1. The number of carboxylic acids is 1. The van der Waals surface area contributed by atoms with Gasteiger partial charge in [0, 0.05) is 23.3 Å². The Kier molecular flexibility index (Phi) is 2.33. The number of aromatic nitrogens is 1. The van der Waals surface area contributed by atoms with Gasteiger partial charge < -0.3 is 5.11 Å². The highest BCUT2D eigenvalue weighted by atomic mass is 19.1. The van der Waals surface area contributed by atoms with Crippen molar-refractivity contribution in [3.05, 3.63) is 42.0 Å². The molecule has 1 heterocycles. The number of rotatable bonds is 2. The second-order valence-corrected chi connectivity index (χ2v) is 3.19. The molecule has 0 aliphatic carbocycles. The van der Waals surface area contributed by atoms with Crippen LogP contribution in [-0.4, -0.2) is 16.1 Å². The molecule has 0 fully saturated rings. The lowest BCUT2D eigenvalue weighted by atomic mass is 10.0.